The van der Waals surface area contributed by atoms with E-state index in [4.69, 9.17) is 9.15 Å². The molecular formula is C22H22O5S. The molecule has 3 aromatic rings. The molecule has 6 heteroatoms. The lowest BCUT2D eigenvalue weighted by molar-refractivity contribution is 0.418. The molecule has 0 unspecified atom stereocenters. The zero-order valence-electron chi connectivity index (χ0n) is 15.4. The third-order valence-corrected chi connectivity index (χ3v) is 6.07. The van der Waals surface area contributed by atoms with E-state index in [0.717, 1.165) is 18.4 Å². The largest absolute Gasteiger partial charge is 0.464 e. The van der Waals surface area contributed by atoms with Crippen LogP contribution in [-0.4, -0.2) is 13.0 Å². The minimum absolute atomic E-state index is 0.215. The molecular weight excluding hydrogens is 376 g/mol. The Hall–Kier alpha value is -2.57. The van der Waals surface area contributed by atoms with Gasteiger partial charge in [0.2, 0.25) is 0 Å². The van der Waals surface area contributed by atoms with Crippen LogP contribution in [0.1, 0.15) is 43.6 Å². The first kappa shape index (κ1) is 18.8. The molecule has 28 heavy (non-hydrogen) atoms. The summed E-state index contributed by atoms with van der Waals surface area (Å²) in [6.07, 6.45) is 7.46. The summed E-state index contributed by atoms with van der Waals surface area (Å²) in [6.45, 7) is 0. The maximum absolute atomic E-state index is 11.6. The van der Waals surface area contributed by atoms with Gasteiger partial charge in [0.15, 0.2) is 0 Å². The minimum atomic E-state index is -4.34. The molecule has 1 aromatic heterocycles. The van der Waals surface area contributed by atoms with Crippen molar-refractivity contribution in [3.63, 3.8) is 0 Å². The van der Waals surface area contributed by atoms with E-state index in [1.165, 1.54) is 31.4 Å². The molecule has 146 valence electrons. The highest BCUT2D eigenvalue weighted by Gasteiger charge is 2.21. The summed E-state index contributed by atoms with van der Waals surface area (Å²) in [5.41, 5.74) is 1.75. The van der Waals surface area contributed by atoms with Gasteiger partial charge in [0.1, 0.15) is 17.3 Å². The molecule has 1 aliphatic carbocycles. The fourth-order valence-electron chi connectivity index (χ4n) is 3.83. The number of ether oxygens (including phenoxy) is 1. The molecule has 0 aliphatic heterocycles. The molecule has 0 amide bonds. The average molecular weight is 398 g/mol. The van der Waals surface area contributed by atoms with E-state index in [0.29, 0.717) is 28.7 Å². The summed E-state index contributed by atoms with van der Waals surface area (Å²) in [6, 6.07) is 15.7. The molecule has 0 spiro atoms. The van der Waals surface area contributed by atoms with Gasteiger partial charge in [-0.2, -0.15) is 8.42 Å². The van der Waals surface area contributed by atoms with Crippen molar-refractivity contribution in [1.29, 1.82) is 0 Å². The van der Waals surface area contributed by atoms with Crippen molar-refractivity contribution in [2.45, 2.75) is 42.9 Å². The lowest BCUT2D eigenvalue weighted by Crippen LogP contribution is -2.06. The van der Waals surface area contributed by atoms with E-state index >= 15 is 0 Å². The lowest BCUT2D eigenvalue weighted by Gasteiger charge is -2.24. The average Bonchev–Trinajstić information content (AvgIpc) is 3.23. The number of hydrogen-bond acceptors (Lipinski definition) is 4. The van der Waals surface area contributed by atoms with E-state index in [1.54, 1.807) is 24.5 Å². The first-order valence-corrected chi connectivity index (χ1v) is 10.9. The van der Waals surface area contributed by atoms with E-state index in [9.17, 15) is 13.0 Å². The maximum Gasteiger partial charge on any atom is 0.294 e. The SMILES string of the molecule is O=S(=O)(O)c1ccc(-c2ccco2)c(Oc2ccccc2C2CCCCC2)c1. The Morgan fingerprint density at radius 1 is 0.929 bits per heavy atom. The van der Waals surface area contributed by atoms with Gasteiger partial charge in [-0.05, 0) is 54.7 Å². The highest BCUT2D eigenvalue weighted by atomic mass is 32.2. The van der Waals surface area contributed by atoms with Crippen LogP contribution in [0.5, 0.6) is 11.5 Å². The van der Waals surface area contributed by atoms with Crippen molar-refractivity contribution in [2.24, 2.45) is 0 Å². The molecule has 1 N–H and O–H groups in total. The van der Waals surface area contributed by atoms with Gasteiger partial charge in [-0.1, -0.05) is 37.5 Å². The molecule has 1 fully saturated rings. The molecule has 1 aliphatic rings. The number of hydrogen-bond donors (Lipinski definition) is 1. The Morgan fingerprint density at radius 2 is 1.71 bits per heavy atom. The minimum Gasteiger partial charge on any atom is -0.464 e. The van der Waals surface area contributed by atoms with Gasteiger partial charge in [0, 0.05) is 6.07 Å². The number of furan rings is 1. The van der Waals surface area contributed by atoms with Gasteiger partial charge in [-0.3, -0.25) is 4.55 Å². The van der Waals surface area contributed by atoms with Crippen LogP contribution in [0.4, 0.5) is 0 Å². The molecule has 0 atom stereocenters. The van der Waals surface area contributed by atoms with Gasteiger partial charge in [-0.15, -0.1) is 0 Å². The van der Waals surface area contributed by atoms with Crippen LogP contribution in [0.3, 0.4) is 0 Å². The second kappa shape index (κ2) is 7.81. The number of rotatable bonds is 5. The van der Waals surface area contributed by atoms with Crippen molar-refractivity contribution in [1.82, 2.24) is 0 Å². The Bertz CT molecular complexity index is 1050. The van der Waals surface area contributed by atoms with E-state index in [2.05, 4.69) is 6.07 Å². The van der Waals surface area contributed by atoms with Crippen LogP contribution in [-0.2, 0) is 10.1 Å². The van der Waals surface area contributed by atoms with Crippen LogP contribution in [0.25, 0.3) is 11.3 Å². The number of para-hydroxylation sites is 1. The van der Waals surface area contributed by atoms with Crippen molar-refractivity contribution in [2.75, 3.05) is 0 Å². The molecule has 1 heterocycles. The Kier molecular flexibility index (Phi) is 5.24. The van der Waals surface area contributed by atoms with Crippen LogP contribution < -0.4 is 4.74 Å². The zero-order chi connectivity index (χ0) is 19.6. The Balaban J connectivity index is 1.77. The van der Waals surface area contributed by atoms with E-state index in [-0.39, 0.29) is 4.90 Å². The monoisotopic (exact) mass is 398 g/mol. The van der Waals surface area contributed by atoms with Crippen LogP contribution >= 0.6 is 0 Å². The predicted octanol–water partition coefficient (Wildman–Crippen LogP) is 6.03. The van der Waals surface area contributed by atoms with Crippen molar-refractivity contribution in [3.05, 3.63) is 66.4 Å². The molecule has 1 saturated carbocycles. The van der Waals surface area contributed by atoms with Gasteiger partial charge in [0.05, 0.1) is 16.7 Å². The first-order valence-electron chi connectivity index (χ1n) is 9.44. The maximum atomic E-state index is 11.6. The summed E-state index contributed by atoms with van der Waals surface area (Å²) in [7, 11) is -4.34. The second-order valence-corrected chi connectivity index (χ2v) is 8.51. The number of benzene rings is 2. The molecule has 2 aromatic carbocycles. The fourth-order valence-corrected chi connectivity index (χ4v) is 4.32. The summed E-state index contributed by atoms with van der Waals surface area (Å²) in [5.74, 6) is 2.02. The van der Waals surface area contributed by atoms with Gasteiger partial charge < -0.3 is 9.15 Å². The third-order valence-electron chi connectivity index (χ3n) is 5.22. The highest BCUT2D eigenvalue weighted by molar-refractivity contribution is 7.85. The summed E-state index contributed by atoms with van der Waals surface area (Å²) < 4.78 is 44.4. The molecule has 4 rings (SSSR count). The zero-order valence-corrected chi connectivity index (χ0v) is 16.2. The molecule has 0 saturated heterocycles. The summed E-state index contributed by atoms with van der Waals surface area (Å²) in [4.78, 5) is -0.215. The van der Waals surface area contributed by atoms with E-state index < -0.39 is 10.1 Å². The van der Waals surface area contributed by atoms with Gasteiger partial charge >= 0.3 is 0 Å². The summed E-state index contributed by atoms with van der Waals surface area (Å²) >= 11 is 0. The lowest BCUT2D eigenvalue weighted by atomic mass is 9.84. The van der Waals surface area contributed by atoms with E-state index in [1.807, 2.05) is 18.2 Å². The van der Waals surface area contributed by atoms with Crippen LogP contribution in [0.2, 0.25) is 0 Å². The van der Waals surface area contributed by atoms with Gasteiger partial charge in [-0.25, -0.2) is 0 Å². The topological polar surface area (TPSA) is 76.7 Å². The van der Waals surface area contributed by atoms with Crippen LogP contribution in [0.15, 0.2) is 70.2 Å². The summed E-state index contributed by atoms with van der Waals surface area (Å²) in [5, 5.41) is 0. The highest BCUT2D eigenvalue weighted by Crippen LogP contribution is 2.41. The molecule has 0 bridgehead atoms. The fraction of sp³-hybridized carbons (Fsp3) is 0.273. The Morgan fingerprint density at radius 3 is 2.43 bits per heavy atom. The smallest absolute Gasteiger partial charge is 0.294 e. The molecule has 5 nitrogen and oxygen atoms in total. The molecule has 0 radical (unpaired) electrons. The quantitative estimate of drug-likeness (QED) is 0.531. The third kappa shape index (κ3) is 3.98. The predicted molar refractivity (Wildman–Crippen MR) is 106 cm³/mol. The van der Waals surface area contributed by atoms with Crippen molar-refractivity contribution in [3.8, 4) is 22.8 Å². The van der Waals surface area contributed by atoms with Crippen molar-refractivity contribution < 1.29 is 22.1 Å². The normalized spacial score (nSPS) is 15.5. The Labute approximate surface area is 164 Å². The van der Waals surface area contributed by atoms with Crippen molar-refractivity contribution >= 4 is 10.1 Å². The van der Waals surface area contributed by atoms with Crippen LogP contribution in [0, 0.1) is 0 Å². The van der Waals surface area contributed by atoms with Gasteiger partial charge in [0.25, 0.3) is 10.1 Å². The first-order chi connectivity index (χ1) is 13.5. The second-order valence-electron chi connectivity index (χ2n) is 7.09. The standard InChI is InChI=1S/C22H22O5S/c23-28(24,25)17-12-13-19(20-11-6-14-26-20)22(15-17)27-21-10-5-4-9-18(21)16-7-2-1-3-8-16/h4-6,9-16H,1-3,7-8H2,(H,23,24,25).